The van der Waals surface area contributed by atoms with Gasteiger partial charge in [0, 0.05) is 52.3 Å². The molecule has 0 bridgehead atoms. The van der Waals surface area contributed by atoms with Crippen LogP contribution in [-0.4, -0.2) is 163 Å². The first-order valence-electron chi connectivity index (χ1n) is 21.2. The Morgan fingerprint density at radius 1 is 1.07 bits per heavy atom. The van der Waals surface area contributed by atoms with Crippen molar-refractivity contribution in [3.05, 3.63) is 24.5 Å². The lowest BCUT2D eigenvalue weighted by Crippen LogP contribution is -2.62. The molecule has 3 saturated heterocycles. The van der Waals surface area contributed by atoms with Crippen LogP contribution in [-0.2, 0) is 44.6 Å². The van der Waals surface area contributed by atoms with Gasteiger partial charge in [-0.1, -0.05) is 26.5 Å². The number of fused-ring (bicyclic) bond motifs is 1. The average Bonchev–Trinajstić information content (AvgIpc) is 3.78. The van der Waals surface area contributed by atoms with Gasteiger partial charge in [0.25, 0.3) is 0 Å². The lowest BCUT2D eigenvalue weighted by atomic mass is 9.82. The van der Waals surface area contributed by atoms with Gasteiger partial charge in [-0.05, 0) is 98.9 Å². The van der Waals surface area contributed by atoms with Crippen molar-refractivity contribution in [3.63, 3.8) is 0 Å². The Morgan fingerprint density at radius 2 is 1.77 bits per heavy atom. The van der Waals surface area contributed by atoms with Crippen LogP contribution in [0.25, 0.3) is 11.4 Å². The zero-order chi connectivity index (χ0) is 44.1. The van der Waals surface area contributed by atoms with Crippen LogP contribution < -0.4 is 0 Å². The number of aryl methyl sites for hydroxylation is 1. The zero-order valence-electron chi connectivity index (χ0n) is 37.1. The van der Waals surface area contributed by atoms with E-state index in [0.29, 0.717) is 50.2 Å². The molecule has 2 aromatic rings. The molecule has 61 heavy (non-hydrogen) atoms. The van der Waals surface area contributed by atoms with Gasteiger partial charge in [-0.2, -0.15) is 5.10 Å². The van der Waals surface area contributed by atoms with Gasteiger partial charge in [-0.15, -0.1) is 10.2 Å². The highest BCUT2D eigenvalue weighted by Gasteiger charge is 2.59. The number of ketones is 1. The normalized spacial score (nSPS) is 34.2. The first-order valence-corrected chi connectivity index (χ1v) is 21.2. The monoisotopic (exact) mass is 859 g/mol. The third-order valence-corrected chi connectivity index (χ3v) is 12.7. The molecule has 0 radical (unpaired) electrons. The van der Waals surface area contributed by atoms with Crippen molar-refractivity contribution in [1.82, 2.24) is 39.9 Å². The van der Waals surface area contributed by atoms with Gasteiger partial charge in [0.05, 0.1) is 36.1 Å². The lowest BCUT2D eigenvalue weighted by Gasteiger charge is -2.46. The van der Waals surface area contributed by atoms with Crippen molar-refractivity contribution in [1.29, 1.82) is 0 Å². The van der Waals surface area contributed by atoms with Gasteiger partial charge in [-0.25, -0.2) is 4.79 Å². The van der Waals surface area contributed by atoms with Crippen LogP contribution in [0.1, 0.15) is 101 Å². The number of hydrogen-bond donors (Lipinski definition) is 1. The van der Waals surface area contributed by atoms with Crippen molar-refractivity contribution < 1.29 is 48.0 Å². The van der Waals surface area contributed by atoms with Crippen LogP contribution in [0.3, 0.4) is 0 Å². The number of methoxy groups -OCH3 is 1. The van der Waals surface area contributed by atoms with E-state index in [1.54, 1.807) is 45.9 Å². The molecule has 3 aliphatic heterocycles. The molecule has 12 atom stereocenters. The number of nitrogens with zero attached hydrogens (tertiary/aromatic N) is 8. The topological polar surface area (TPSA) is 201 Å². The molecule has 18 nitrogen and oxygen atoms in total. The van der Waals surface area contributed by atoms with Crippen LogP contribution in [0.15, 0.2) is 24.5 Å². The summed E-state index contributed by atoms with van der Waals surface area (Å²) in [6.07, 6.45) is 0.659. The predicted octanol–water partition coefficient (Wildman–Crippen LogP) is 4.14. The quantitative estimate of drug-likeness (QED) is 0.192. The van der Waals surface area contributed by atoms with Crippen molar-refractivity contribution in [2.24, 2.45) is 11.8 Å². The number of cyclic esters (lactones) is 1. The summed E-state index contributed by atoms with van der Waals surface area (Å²) in [4.78, 5) is 61.0. The Kier molecular flexibility index (Phi) is 16.9. The second kappa shape index (κ2) is 20.8. The second-order valence-corrected chi connectivity index (χ2v) is 17.5. The zero-order valence-corrected chi connectivity index (χ0v) is 37.1. The van der Waals surface area contributed by atoms with E-state index in [1.165, 1.54) is 21.0 Å². The number of ether oxygens (including phenoxy) is 5. The van der Waals surface area contributed by atoms with Gasteiger partial charge in [0.15, 0.2) is 11.9 Å². The lowest BCUT2D eigenvalue weighted by molar-refractivity contribution is -0.289. The third kappa shape index (κ3) is 11.1. The Bertz CT molecular complexity index is 1780. The molecule has 2 aromatic heterocycles. The third-order valence-electron chi connectivity index (χ3n) is 12.7. The fraction of sp³-hybridized carbons (Fsp3) is 0.767. The standard InChI is InChI=1S/C42H66N8O10.CH4/c1-12-34-42(8)37(49(40(55)60-42)19-14-13-18-48-24-31(45-46-48)30-16-15-17-43-44-30)28(5)50(29(6)51)23-25(2)22-41(7,56-11)35(21-33(52)27(4)38(54)58-34)59-39-36(53)32(47(9)10)20-26(3)57-39;/h15-17,24-28,32,34-37,39,53H,12-14,18-23H2,1-11H3;1H4/t25-,26?,27-,28-,32?,34-,35-,36?,37-,39+,41-,42-;/m1./s1. The predicted molar refractivity (Wildman–Crippen MR) is 225 cm³/mol. The number of carbonyl (C=O) groups excluding carboxylic acids is 4. The maximum Gasteiger partial charge on any atom is 0.410 e. The Labute approximate surface area is 360 Å². The SMILES string of the molecule is C.CC[C@H]1OC(=O)[C@H](C)C(=O)C[C@@H](O[C@@H]2OC(C)CC(N(C)C)C2O)[C@](C)(OC)C[C@@H](C)CN(C(C)=O)[C@H](C)[C@H]2N(CCCCn3cc(-c4cccnn4)nn3)C(=O)O[C@]12C. The molecule has 2 amide bonds. The van der Waals surface area contributed by atoms with Gasteiger partial charge >= 0.3 is 12.1 Å². The molecule has 342 valence electrons. The smallest absolute Gasteiger partial charge is 0.410 e. The Morgan fingerprint density at radius 3 is 2.39 bits per heavy atom. The summed E-state index contributed by atoms with van der Waals surface area (Å²) in [5.41, 5.74) is -1.32. The summed E-state index contributed by atoms with van der Waals surface area (Å²) in [7, 11) is 5.29. The molecule has 18 heteroatoms. The number of likely N-dealkylation sites (N-methyl/N-ethyl adjacent to an activating group) is 1. The highest BCUT2D eigenvalue weighted by Crippen LogP contribution is 2.41. The van der Waals surface area contributed by atoms with E-state index in [9.17, 15) is 24.3 Å². The fourth-order valence-corrected chi connectivity index (χ4v) is 9.23. The molecule has 5 rings (SSSR count). The number of rotatable bonds is 11. The number of aromatic nitrogens is 5. The first-order chi connectivity index (χ1) is 28.3. The number of aliphatic hydroxyl groups is 1. The van der Waals surface area contributed by atoms with Crippen LogP contribution >= 0.6 is 0 Å². The van der Waals surface area contributed by atoms with E-state index in [1.807, 2.05) is 53.6 Å². The van der Waals surface area contributed by atoms with Gasteiger partial charge < -0.3 is 38.6 Å². The maximum absolute atomic E-state index is 14.1. The van der Waals surface area contributed by atoms with Crippen LogP contribution in [0, 0.1) is 11.8 Å². The molecule has 0 saturated carbocycles. The molecule has 0 aromatic carbocycles. The number of aliphatic hydroxyl groups excluding tert-OH is 1. The van der Waals surface area contributed by atoms with Crippen molar-refractivity contribution in [2.75, 3.05) is 34.3 Å². The van der Waals surface area contributed by atoms with Crippen molar-refractivity contribution in [2.45, 2.75) is 168 Å². The summed E-state index contributed by atoms with van der Waals surface area (Å²) in [5, 5.41) is 27.9. The van der Waals surface area contributed by atoms with E-state index in [2.05, 4.69) is 20.5 Å². The number of carbonyl (C=O) groups is 4. The van der Waals surface area contributed by atoms with Gasteiger partial charge in [0.2, 0.25) is 5.91 Å². The highest BCUT2D eigenvalue weighted by atomic mass is 16.7. The van der Waals surface area contributed by atoms with E-state index < -0.39 is 71.7 Å². The minimum absolute atomic E-state index is 0. The summed E-state index contributed by atoms with van der Waals surface area (Å²) >= 11 is 0. The Hall–Kier alpha value is -4.10. The van der Waals surface area contributed by atoms with E-state index in [4.69, 9.17) is 23.7 Å². The number of amides is 2. The number of esters is 1. The van der Waals surface area contributed by atoms with Crippen LogP contribution in [0.4, 0.5) is 4.79 Å². The molecule has 1 N–H and O–H groups in total. The summed E-state index contributed by atoms with van der Waals surface area (Å²) in [6, 6.07) is 1.99. The van der Waals surface area contributed by atoms with Gasteiger partial charge in [0.1, 0.15) is 35.3 Å². The summed E-state index contributed by atoms with van der Waals surface area (Å²) in [6.45, 7) is 15.2. The molecule has 0 spiro atoms. The summed E-state index contributed by atoms with van der Waals surface area (Å²) in [5.74, 6) is -2.87. The maximum atomic E-state index is 14.1. The molecule has 0 aliphatic carbocycles. The second-order valence-electron chi connectivity index (χ2n) is 17.5. The summed E-state index contributed by atoms with van der Waals surface area (Å²) < 4.78 is 33.0. The molecule has 5 heterocycles. The highest BCUT2D eigenvalue weighted by molar-refractivity contribution is 5.99. The van der Waals surface area contributed by atoms with E-state index >= 15 is 0 Å². The minimum Gasteiger partial charge on any atom is -0.458 e. The van der Waals surface area contributed by atoms with Crippen LogP contribution in [0.5, 0.6) is 0 Å². The first kappa shape index (κ1) is 49.6. The largest absolute Gasteiger partial charge is 0.458 e. The molecule has 3 fully saturated rings. The number of Topliss-reactive ketones (excluding diaryl/α,β-unsaturated/α-hetero) is 1. The fourth-order valence-electron chi connectivity index (χ4n) is 9.23. The number of hydrogen-bond acceptors (Lipinski definition) is 15. The Balaban J connectivity index is 0.00000819. The van der Waals surface area contributed by atoms with Crippen molar-refractivity contribution in [3.8, 4) is 11.4 Å². The molecule has 3 aliphatic rings. The van der Waals surface area contributed by atoms with E-state index in [-0.39, 0.29) is 50.8 Å². The van der Waals surface area contributed by atoms with Crippen LogP contribution in [0.2, 0.25) is 0 Å². The van der Waals surface area contributed by atoms with Gasteiger partial charge in [-0.3, -0.25) is 24.0 Å². The van der Waals surface area contributed by atoms with Crippen molar-refractivity contribution >= 4 is 23.8 Å². The number of unbranched alkanes of at least 4 members (excludes halogenated alkanes) is 1. The minimum atomic E-state index is -1.39. The average molecular weight is 859 g/mol. The van der Waals surface area contributed by atoms with E-state index in [0.717, 1.165) is 0 Å². The molecular weight excluding hydrogens is 789 g/mol. The molecule has 3 unspecified atom stereocenters. The molecular formula is C43H70N8O10.